The lowest BCUT2D eigenvalue weighted by Crippen LogP contribution is -2.48. The van der Waals surface area contributed by atoms with E-state index in [1.165, 1.54) is 11.1 Å². The molecule has 4 rings (SSSR count). The van der Waals surface area contributed by atoms with E-state index in [-0.39, 0.29) is 5.60 Å². The van der Waals surface area contributed by atoms with Crippen molar-refractivity contribution in [3.05, 3.63) is 35.4 Å². The number of hydrogen-bond donors (Lipinski definition) is 1. The Morgan fingerprint density at radius 1 is 1.23 bits per heavy atom. The van der Waals surface area contributed by atoms with Crippen LogP contribution in [0.25, 0.3) is 6.08 Å². The van der Waals surface area contributed by atoms with Gasteiger partial charge in [-0.15, -0.1) is 0 Å². The molecule has 0 radical (unpaired) electrons. The van der Waals surface area contributed by atoms with Crippen LogP contribution in [0.3, 0.4) is 0 Å². The summed E-state index contributed by atoms with van der Waals surface area (Å²) in [5.41, 5.74) is 2.46. The lowest BCUT2D eigenvalue weighted by atomic mass is 9.89. The highest BCUT2D eigenvalue weighted by Crippen LogP contribution is 2.33. The molecule has 118 valence electrons. The van der Waals surface area contributed by atoms with Crippen LogP contribution in [0.2, 0.25) is 0 Å². The SMILES string of the molecule is C1=C(CN[C@H]2CCO[C@]3(CCOC3)C2)COc2ccccc21. The Bertz CT molecular complexity index is 563. The molecule has 3 heterocycles. The van der Waals surface area contributed by atoms with Gasteiger partial charge in [-0.25, -0.2) is 0 Å². The highest BCUT2D eigenvalue weighted by Gasteiger charge is 2.40. The zero-order chi connectivity index (χ0) is 14.8. The fourth-order valence-electron chi connectivity index (χ4n) is 3.61. The molecule has 2 fully saturated rings. The van der Waals surface area contributed by atoms with Gasteiger partial charge >= 0.3 is 0 Å². The first kappa shape index (κ1) is 14.2. The average molecular weight is 301 g/mol. The fourth-order valence-corrected chi connectivity index (χ4v) is 3.61. The number of fused-ring (bicyclic) bond motifs is 1. The van der Waals surface area contributed by atoms with Crippen molar-refractivity contribution < 1.29 is 14.2 Å². The van der Waals surface area contributed by atoms with Crippen LogP contribution in [0.1, 0.15) is 24.8 Å². The summed E-state index contributed by atoms with van der Waals surface area (Å²) >= 11 is 0. The number of benzene rings is 1. The minimum atomic E-state index is -0.0278. The van der Waals surface area contributed by atoms with Crippen LogP contribution >= 0.6 is 0 Å². The predicted molar refractivity (Wildman–Crippen MR) is 85.1 cm³/mol. The summed E-state index contributed by atoms with van der Waals surface area (Å²) in [6, 6.07) is 8.71. The lowest BCUT2D eigenvalue weighted by Gasteiger charge is -2.37. The van der Waals surface area contributed by atoms with Crippen LogP contribution in [0.15, 0.2) is 29.8 Å². The Labute approximate surface area is 131 Å². The van der Waals surface area contributed by atoms with E-state index in [1.807, 2.05) is 12.1 Å². The van der Waals surface area contributed by atoms with E-state index in [2.05, 4.69) is 23.5 Å². The normalized spacial score (nSPS) is 30.7. The van der Waals surface area contributed by atoms with Gasteiger partial charge in [0.05, 0.1) is 12.2 Å². The molecule has 0 unspecified atom stereocenters. The number of rotatable bonds is 3. The first-order valence-corrected chi connectivity index (χ1v) is 8.19. The monoisotopic (exact) mass is 301 g/mol. The summed E-state index contributed by atoms with van der Waals surface area (Å²) in [5, 5.41) is 3.69. The number of ether oxygens (including phenoxy) is 3. The molecule has 3 aliphatic heterocycles. The van der Waals surface area contributed by atoms with Gasteiger partial charge in [0, 0.05) is 37.8 Å². The van der Waals surface area contributed by atoms with E-state index in [0.29, 0.717) is 12.6 Å². The second-order valence-electron chi connectivity index (χ2n) is 6.53. The maximum absolute atomic E-state index is 5.99. The van der Waals surface area contributed by atoms with Gasteiger partial charge in [0.15, 0.2) is 0 Å². The molecule has 4 nitrogen and oxygen atoms in total. The van der Waals surface area contributed by atoms with Crippen LogP contribution in [-0.2, 0) is 9.47 Å². The quantitative estimate of drug-likeness (QED) is 0.930. The Kier molecular flexibility index (Phi) is 3.90. The van der Waals surface area contributed by atoms with Crippen molar-refractivity contribution >= 4 is 6.08 Å². The number of para-hydroxylation sites is 1. The Morgan fingerprint density at radius 3 is 3.09 bits per heavy atom. The molecule has 2 saturated heterocycles. The molecule has 0 saturated carbocycles. The topological polar surface area (TPSA) is 39.7 Å². The first-order chi connectivity index (χ1) is 10.8. The highest BCUT2D eigenvalue weighted by atomic mass is 16.6. The molecule has 3 aliphatic rings. The first-order valence-electron chi connectivity index (χ1n) is 8.19. The largest absolute Gasteiger partial charge is 0.489 e. The average Bonchev–Trinajstić information content (AvgIpc) is 3.00. The molecule has 1 aromatic carbocycles. The van der Waals surface area contributed by atoms with Crippen LogP contribution in [0.5, 0.6) is 5.75 Å². The summed E-state index contributed by atoms with van der Waals surface area (Å²) in [5.74, 6) is 0.986. The van der Waals surface area contributed by atoms with Crippen molar-refractivity contribution in [3.8, 4) is 5.75 Å². The molecule has 1 spiro atoms. The van der Waals surface area contributed by atoms with Gasteiger partial charge in [0.1, 0.15) is 12.4 Å². The summed E-state index contributed by atoms with van der Waals surface area (Å²) in [6.07, 6.45) is 5.41. The van der Waals surface area contributed by atoms with Crippen molar-refractivity contribution in [2.45, 2.75) is 30.9 Å². The van der Waals surface area contributed by atoms with E-state index < -0.39 is 0 Å². The summed E-state index contributed by atoms with van der Waals surface area (Å²) < 4.78 is 17.3. The van der Waals surface area contributed by atoms with Gasteiger partial charge in [0.25, 0.3) is 0 Å². The van der Waals surface area contributed by atoms with Crippen molar-refractivity contribution in [1.82, 2.24) is 5.32 Å². The molecule has 22 heavy (non-hydrogen) atoms. The maximum atomic E-state index is 5.99. The Morgan fingerprint density at radius 2 is 2.18 bits per heavy atom. The second kappa shape index (κ2) is 6.03. The van der Waals surface area contributed by atoms with Crippen LogP contribution in [0.4, 0.5) is 0 Å². The molecule has 0 aromatic heterocycles. The maximum Gasteiger partial charge on any atom is 0.127 e. The summed E-state index contributed by atoms with van der Waals surface area (Å²) in [7, 11) is 0. The number of hydrogen-bond acceptors (Lipinski definition) is 4. The van der Waals surface area contributed by atoms with Gasteiger partial charge in [-0.2, -0.15) is 0 Å². The molecular formula is C18H23NO3. The van der Waals surface area contributed by atoms with Crippen LogP contribution < -0.4 is 10.1 Å². The minimum Gasteiger partial charge on any atom is -0.489 e. The zero-order valence-electron chi connectivity index (χ0n) is 12.8. The van der Waals surface area contributed by atoms with Crippen molar-refractivity contribution in [2.24, 2.45) is 0 Å². The molecule has 1 N–H and O–H groups in total. The molecule has 0 aliphatic carbocycles. The van der Waals surface area contributed by atoms with E-state index >= 15 is 0 Å². The minimum absolute atomic E-state index is 0.0278. The third-order valence-corrected chi connectivity index (χ3v) is 4.87. The van der Waals surface area contributed by atoms with Crippen molar-refractivity contribution in [1.29, 1.82) is 0 Å². The fraction of sp³-hybridized carbons (Fsp3) is 0.556. The van der Waals surface area contributed by atoms with E-state index in [0.717, 1.165) is 51.4 Å². The summed E-state index contributed by atoms with van der Waals surface area (Å²) in [6.45, 7) is 3.99. The van der Waals surface area contributed by atoms with Gasteiger partial charge in [-0.05, 0) is 30.6 Å². The van der Waals surface area contributed by atoms with Crippen LogP contribution in [-0.4, -0.2) is 44.6 Å². The molecule has 0 amide bonds. The Hall–Kier alpha value is -1.36. The third-order valence-electron chi connectivity index (χ3n) is 4.87. The van der Waals surface area contributed by atoms with E-state index in [1.54, 1.807) is 0 Å². The Balaban J connectivity index is 1.36. The smallest absolute Gasteiger partial charge is 0.127 e. The predicted octanol–water partition coefficient (Wildman–Crippen LogP) is 2.39. The van der Waals surface area contributed by atoms with Gasteiger partial charge in [-0.1, -0.05) is 18.2 Å². The van der Waals surface area contributed by atoms with Crippen LogP contribution in [0, 0.1) is 0 Å². The van der Waals surface area contributed by atoms with Gasteiger partial charge in [0.2, 0.25) is 0 Å². The van der Waals surface area contributed by atoms with E-state index in [4.69, 9.17) is 14.2 Å². The lowest BCUT2D eigenvalue weighted by molar-refractivity contribution is -0.0890. The van der Waals surface area contributed by atoms with Gasteiger partial charge in [-0.3, -0.25) is 0 Å². The number of nitrogens with one attached hydrogen (secondary N) is 1. The molecule has 0 bridgehead atoms. The van der Waals surface area contributed by atoms with Crippen molar-refractivity contribution in [3.63, 3.8) is 0 Å². The molecular weight excluding hydrogens is 278 g/mol. The van der Waals surface area contributed by atoms with Gasteiger partial charge < -0.3 is 19.5 Å². The molecule has 2 atom stereocenters. The standard InChI is InChI=1S/C18H23NO3/c1-2-4-17-15(3-1)9-14(12-21-17)11-19-16-5-7-22-18(10-16)6-8-20-13-18/h1-4,9,16,19H,5-8,10-13H2/t16-,18+/m0/s1. The zero-order valence-corrected chi connectivity index (χ0v) is 12.8. The van der Waals surface area contributed by atoms with E-state index in [9.17, 15) is 0 Å². The molecule has 1 aromatic rings. The molecule has 4 heteroatoms. The van der Waals surface area contributed by atoms with Crippen molar-refractivity contribution in [2.75, 3.05) is 33.0 Å². The second-order valence-corrected chi connectivity index (χ2v) is 6.53. The highest BCUT2D eigenvalue weighted by molar-refractivity contribution is 5.62. The third kappa shape index (κ3) is 2.91. The summed E-state index contributed by atoms with van der Waals surface area (Å²) in [4.78, 5) is 0.